The number of rotatable bonds is 3. The molecular formula is C18H20F4N4O. The van der Waals surface area contributed by atoms with Crippen molar-refractivity contribution in [3.05, 3.63) is 47.0 Å². The highest BCUT2D eigenvalue weighted by Gasteiger charge is 2.37. The number of benzene rings is 1. The van der Waals surface area contributed by atoms with E-state index in [2.05, 4.69) is 5.10 Å². The van der Waals surface area contributed by atoms with Gasteiger partial charge < -0.3 is 9.80 Å². The molecule has 0 atom stereocenters. The van der Waals surface area contributed by atoms with Crippen molar-refractivity contribution in [2.45, 2.75) is 26.6 Å². The molecule has 9 heteroatoms. The zero-order chi connectivity index (χ0) is 19.8. The van der Waals surface area contributed by atoms with Gasteiger partial charge in [0.1, 0.15) is 12.4 Å². The number of hydrogen-bond donors (Lipinski definition) is 0. The van der Waals surface area contributed by atoms with Crippen LogP contribution in [0.25, 0.3) is 0 Å². The van der Waals surface area contributed by atoms with Crippen LogP contribution in [0, 0.1) is 19.7 Å². The molecular weight excluding hydrogens is 364 g/mol. The van der Waals surface area contributed by atoms with E-state index in [-0.39, 0.29) is 23.8 Å². The average molecular weight is 384 g/mol. The summed E-state index contributed by atoms with van der Waals surface area (Å²) in [5, 5.41) is 3.58. The smallest absolute Gasteiger partial charge is 0.368 e. The van der Waals surface area contributed by atoms with Crippen LogP contribution < -0.4 is 4.90 Å². The van der Waals surface area contributed by atoms with E-state index in [4.69, 9.17) is 0 Å². The number of anilines is 1. The molecule has 1 aromatic heterocycles. The third-order valence-corrected chi connectivity index (χ3v) is 4.88. The molecule has 5 nitrogen and oxygen atoms in total. The topological polar surface area (TPSA) is 41.4 Å². The summed E-state index contributed by atoms with van der Waals surface area (Å²) in [5.41, 5.74) is 0.294. The fraction of sp³-hybridized carbons (Fsp3) is 0.444. The Morgan fingerprint density at radius 2 is 1.67 bits per heavy atom. The van der Waals surface area contributed by atoms with E-state index in [9.17, 15) is 22.4 Å². The van der Waals surface area contributed by atoms with Crippen LogP contribution in [0.2, 0.25) is 0 Å². The summed E-state index contributed by atoms with van der Waals surface area (Å²) in [6.07, 6.45) is -4.54. The lowest BCUT2D eigenvalue weighted by atomic mass is 10.2. The van der Waals surface area contributed by atoms with Gasteiger partial charge in [-0.1, -0.05) is 0 Å². The summed E-state index contributed by atoms with van der Waals surface area (Å²) in [4.78, 5) is 16.1. The molecule has 146 valence electrons. The summed E-state index contributed by atoms with van der Waals surface area (Å²) in [6, 6.07) is 6.13. The van der Waals surface area contributed by atoms with Crippen LogP contribution in [0.4, 0.5) is 23.2 Å². The van der Waals surface area contributed by atoms with Crippen LogP contribution in [0.15, 0.2) is 24.3 Å². The first-order valence-electron chi connectivity index (χ1n) is 8.56. The van der Waals surface area contributed by atoms with Crippen LogP contribution >= 0.6 is 0 Å². The van der Waals surface area contributed by atoms with Crippen molar-refractivity contribution in [3.63, 3.8) is 0 Å². The second kappa shape index (κ2) is 7.21. The highest BCUT2D eigenvalue weighted by molar-refractivity contribution is 5.76. The van der Waals surface area contributed by atoms with E-state index in [1.807, 2.05) is 4.90 Å². The van der Waals surface area contributed by atoms with Crippen LogP contribution in [0.5, 0.6) is 0 Å². The lowest BCUT2D eigenvalue weighted by molar-refractivity contribution is -0.142. The summed E-state index contributed by atoms with van der Waals surface area (Å²) in [5.74, 6) is -0.580. The molecule has 1 fully saturated rings. The van der Waals surface area contributed by atoms with E-state index in [0.717, 1.165) is 10.4 Å². The average Bonchev–Trinajstić information content (AvgIpc) is 2.91. The molecule has 2 aromatic rings. The van der Waals surface area contributed by atoms with Crippen molar-refractivity contribution >= 4 is 11.6 Å². The number of carbonyl (C=O) groups excluding carboxylic acids is 1. The molecule has 0 N–H and O–H groups in total. The molecule has 0 saturated carbocycles. The van der Waals surface area contributed by atoms with Gasteiger partial charge in [0.2, 0.25) is 5.91 Å². The largest absolute Gasteiger partial charge is 0.435 e. The van der Waals surface area contributed by atoms with E-state index in [1.165, 1.54) is 26.0 Å². The van der Waals surface area contributed by atoms with Gasteiger partial charge >= 0.3 is 6.18 Å². The molecule has 0 bridgehead atoms. The molecule has 1 aromatic carbocycles. The highest BCUT2D eigenvalue weighted by atomic mass is 19.4. The number of carbonyl (C=O) groups is 1. The number of amides is 1. The Bertz CT molecular complexity index is 821. The number of piperazine rings is 1. The van der Waals surface area contributed by atoms with E-state index in [0.29, 0.717) is 31.9 Å². The first-order chi connectivity index (χ1) is 12.7. The Labute approximate surface area is 154 Å². The predicted octanol–water partition coefficient (Wildman–Crippen LogP) is 3.01. The van der Waals surface area contributed by atoms with Gasteiger partial charge in [0.25, 0.3) is 0 Å². The first-order valence-corrected chi connectivity index (χ1v) is 8.56. The molecule has 1 saturated heterocycles. The predicted molar refractivity (Wildman–Crippen MR) is 91.9 cm³/mol. The maximum Gasteiger partial charge on any atom is 0.435 e. The van der Waals surface area contributed by atoms with Gasteiger partial charge in [0.15, 0.2) is 5.69 Å². The SMILES string of the molecule is Cc1c(C(F)(F)F)nn(CC(=O)N2CCN(c3ccc(F)cc3)CC2)c1C. The van der Waals surface area contributed by atoms with Crippen LogP contribution in [0.3, 0.4) is 0 Å². The molecule has 3 rings (SSSR count). The second-order valence-corrected chi connectivity index (χ2v) is 6.56. The second-order valence-electron chi connectivity index (χ2n) is 6.56. The van der Waals surface area contributed by atoms with Crippen molar-refractivity contribution in [3.8, 4) is 0 Å². The van der Waals surface area contributed by atoms with Gasteiger partial charge in [-0.25, -0.2) is 4.39 Å². The van der Waals surface area contributed by atoms with Gasteiger partial charge in [0, 0.05) is 43.1 Å². The van der Waals surface area contributed by atoms with Crippen molar-refractivity contribution in [1.29, 1.82) is 0 Å². The quantitative estimate of drug-likeness (QED) is 0.764. The van der Waals surface area contributed by atoms with Crippen molar-refractivity contribution < 1.29 is 22.4 Å². The van der Waals surface area contributed by atoms with Crippen LogP contribution in [-0.4, -0.2) is 46.8 Å². The normalized spacial score (nSPS) is 15.3. The van der Waals surface area contributed by atoms with Gasteiger partial charge in [-0.15, -0.1) is 0 Å². The molecule has 1 aliphatic heterocycles. The van der Waals surface area contributed by atoms with Gasteiger partial charge in [-0.05, 0) is 38.1 Å². The number of hydrogen-bond acceptors (Lipinski definition) is 3. The molecule has 2 heterocycles. The maximum absolute atomic E-state index is 13.0. The van der Waals surface area contributed by atoms with Crippen molar-refractivity contribution in [1.82, 2.24) is 14.7 Å². The maximum atomic E-state index is 13.0. The van der Waals surface area contributed by atoms with Crippen LogP contribution in [0.1, 0.15) is 17.0 Å². The lowest BCUT2D eigenvalue weighted by Gasteiger charge is -2.36. The third-order valence-electron chi connectivity index (χ3n) is 4.88. The van der Waals surface area contributed by atoms with Gasteiger partial charge in [0.05, 0.1) is 0 Å². The summed E-state index contributed by atoms with van der Waals surface area (Å²) < 4.78 is 53.0. The van der Waals surface area contributed by atoms with E-state index >= 15 is 0 Å². The minimum Gasteiger partial charge on any atom is -0.368 e. The fourth-order valence-electron chi connectivity index (χ4n) is 3.15. The van der Waals surface area contributed by atoms with E-state index < -0.39 is 11.9 Å². The lowest BCUT2D eigenvalue weighted by Crippen LogP contribution is -2.49. The fourth-order valence-corrected chi connectivity index (χ4v) is 3.15. The van der Waals surface area contributed by atoms with Gasteiger partial charge in [-0.2, -0.15) is 18.3 Å². The number of alkyl halides is 3. The number of nitrogens with zero attached hydrogens (tertiary/aromatic N) is 4. The Morgan fingerprint density at radius 3 is 2.19 bits per heavy atom. The summed E-state index contributed by atoms with van der Waals surface area (Å²) in [7, 11) is 0. The van der Waals surface area contributed by atoms with Crippen LogP contribution in [-0.2, 0) is 17.5 Å². The Morgan fingerprint density at radius 1 is 1.07 bits per heavy atom. The first kappa shape index (κ1) is 19.2. The highest BCUT2D eigenvalue weighted by Crippen LogP contribution is 2.31. The Balaban J connectivity index is 1.63. The van der Waals surface area contributed by atoms with E-state index in [1.54, 1.807) is 17.0 Å². The Kier molecular flexibility index (Phi) is 5.12. The minimum absolute atomic E-state index is 0.0384. The molecule has 0 unspecified atom stereocenters. The third kappa shape index (κ3) is 4.06. The van der Waals surface area contributed by atoms with Gasteiger partial charge in [-0.3, -0.25) is 9.48 Å². The Hall–Kier alpha value is -2.58. The summed E-state index contributed by atoms with van der Waals surface area (Å²) in [6.45, 7) is 4.69. The standard InChI is InChI=1S/C18H20F4N4O/c1-12-13(2)26(23-17(12)18(20,21)22)11-16(27)25-9-7-24(8-10-25)15-5-3-14(19)4-6-15/h3-6H,7-11H2,1-2H3. The molecule has 27 heavy (non-hydrogen) atoms. The monoisotopic (exact) mass is 384 g/mol. The molecule has 0 spiro atoms. The number of halogens is 4. The molecule has 1 amide bonds. The number of aromatic nitrogens is 2. The van der Waals surface area contributed by atoms with Crippen molar-refractivity contribution in [2.75, 3.05) is 31.1 Å². The zero-order valence-corrected chi connectivity index (χ0v) is 15.1. The summed E-state index contributed by atoms with van der Waals surface area (Å²) >= 11 is 0. The molecule has 0 aliphatic carbocycles. The molecule has 1 aliphatic rings. The molecule has 0 radical (unpaired) electrons. The zero-order valence-electron chi connectivity index (χ0n) is 15.1. The minimum atomic E-state index is -4.54. The van der Waals surface area contributed by atoms with Crippen molar-refractivity contribution in [2.24, 2.45) is 0 Å².